The van der Waals surface area contributed by atoms with Crippen LogP contribution in [0.1, 0.15) is 25.7 Å². The van der Waals surface area contributed by atoms with Crippen molar-refractivity contribution < 1.29 is 9.90 Å². The van der Waals surface area contributed by atoms with Crippen molar-refractivity contribution in [3.63, 3.8) is 0 Å². The van der Waals surface area contributed by atoms with Gasteiger partial charge in [-0.3, -0.25) is 4.79 Å². The lowest BCUT2D eigenvalue weighted by Crippen LogP contribution is -2.41. The molecule has 0 aromatic rings. The average Bonchev–Trinajstić information content (AvgIpc) is 2.06. The average molecular weight is 140 g/mol. The number of aliphatic hydroxyl groups excluding tert-OH is 1. The van der Waals surface area contributed by atoms with Crippen LogP contribution in [0.3, 0.4) is 0 Å². The van der Waals surface area contributed by atoms with Crippen molar-refractivity contribution in [2.75, 3.05) is 6.61 Å². The summed E-state index contributed by atoms with van der Waals surface area (Å²) in [7, 11) is 0. The molecule has 2 heteroatoms. The SMILES string of the molecule is O=C1CC[C@@]2(CO)CC[C@@H]12. The Labute approximate surface area is 60.2 Å². The summed E-state index contributed by atoms with van der Waals surface area (Å²) in [6, 6.07) is 0. The molecular weight excluding hydrogens is 128 g/mol. The summed E-state index contributed by atoms with van der Waals surface area (Å²) in [6.07, 6.45) is 3.75. The number of ketones is 1. The van der Waals surface area contributed by atoms with Crippen molar-refractivity contribution >= 4 is 5.78 Å². The number of hydrogen-bond donors (Lipinski definition) is 1. The molecule has 2 rings (SSSR count). The van der Waals surface area contributed by atoms with Crippen molar-refractivity contribution in [2.45, 2.75) is 25.7 Å². The second-order valence-electron chi connectivity index (χ2n) is 3.58. The Kier molecular flexibility index (Phi) is 1.15. The van der Waals surface area contributed by atoms with Crippen LogP contribution < -0.4 is 0 Å². The Morgan fingerprint density at radius 3 is 2.70 bits per heavy atom. The Bertz CT molecular complexity index is 172. The molecule has 2 aliphatic carbocycles. The van der Waals surface area contributed by atoms with Gasteiger partial charge in [-0.05, 0) is 19.3 Å². The number of hydrogen-bond acceptors (Lipinski definition) is 2. The molecule has 0 saturated heterocycles. The summed E-state index contributed by atoms with van der Waals surface area (Å²) in [6.45, 7) is 0.226. The van der Waals surface area contributed by atoms with Crippen LogP contribution in [-0.4, -0.2) is 17.5 Å². The standard InChI is InChI=1S/C8H12O2/c9-5-8-3-1-6(8)7(10)2-4-8/h6,9H,1-5H2/t6-,8+/m0/s1. The number of carbonyl (C=O) groups excluding carboxylic acids is 1. The maximum Gasteiger partial charge on any atom is 0.136 e. The number of carbonyl (C=O) groups is 1. The second kappa shape index (κ2) is 1.82. The van der Waals surface area contributed by atoms with Gasteiger partial charge in [0.2, 0.25) is 0 Å². The van der Waals surface area contributed by atoms with Gasteiger partial charge in [-0.25, -0.2) is 0 Å². The van der Waals surface area contributed by atoms with E-state index in [9.17, 15) is 4.79 Å². The van der Waals surface area contributed by atoms with Crippen LogP contribution in [0.25, 0.3) is 0 Å². The fourth-order valence-electron chi connectivity index (χ4n) is 2.31. The molecule has 2 fully saturated rings. The molecule has 2 nitrogen and oxygen atoms in total. The molecule has 0 aromatic carbocycles. The third-order valence-electron chi connectivity index (χ3n) is 3.24. The maximum atomic E-state index is 11.1. The van der Waals surface area contributed by atoms with Crippen LogP contribution in [-0.2, 0) is 4.79 Å². The maximum absolute atomic E-state index is 11.1. The molecule has 0 spiro atoms. The number of aliphatic hydroxyl groups is 1. The highest BCUT2D eigenvalue weighted by molar-refractivity contribution is 5.85. The van der Waals surface area contributed by atoms with Gasteiger partial charge in [-0.15, -0.1) is 0 Å². The lowest BCUT2D eigenvalue weighted by atomic mass is 9.62. The van der Waals surface area contributed by atoms with Gasteiger partial charge < -0.3 is 5.11 Å². The van der Waals surface area contributed by atoms with E-state index in [2.05, 4.69) is 0 Å². The number of fused-ring (bicyclic) bond motifs is 1. The van der Waals surface area contributed by atoms with Crippen molar-refractivity contribution in [2.24, 2.45) is 11.3 Å². The lowest BCUT2D eigenvalue weighted by molar-refractivity contribution is -0.128. The summed E-state index contributed by atoms with van der Waals surface area (Å²) in [4.78, 5) is 11.1. The molecule has 0 aromatic heterocycles. The highest BCUT2D eigenvalue weighted by atomic mass is 16.3. The van der Waals surface area contributed by atoms with E-state index in [0.717, 1.165) is 19.3 Å². The van der Waals surface area contributed by atoms with Crippen LogP contribution in [0, 0.1) is 11.3 Å². The first kappa shape index (κ1) is 6.35. The van der Waals surface area contributed by atoms with Crippen molar-refractivity contribution in [3.8, 4) is 0 Å². The largest absolute Gasteiger partial charge is 0.396 e. The topological polar surface area (TPSA) is 37.3 Å². The molecule has 0 radical (unpaired) electrons. The first-order valence-electron chi connectivity index (χ1n) is 3.92. The van der Waals surface area contributed by atoms with E-state index in [-0.39, 0.29) is 17.9 Å². The summed E-state index contributed by atoms with van der Waals surface area (Å²) in [5.41, 5.74) is 0.0527. The first-order chi connectivity index (χ1) is 4.78. The van der Waals surface area contributed by atoms with E-state index < -0.39 is 0 Å². The van der Waals surface area contributed by atoms with Gasteiger partial charge in [-0.2, -0.15) is 0 Å². The minimum Gasteiger partial charge on any atom is -0.396 e. The molecular formula is C8H12O2. The van der Waals surface area contributed by atoms with E-state index in [1.165, 1.54) is 0 Å². The molecule has 2 saturated carbocycles. The summed E-state index contributed by atoms with van der Waals surface area (Å²) >= 11 is 0. The Hall–Kier alpha value is -0.370. The molecule has 1 N–H and O–H groups in total. The minimum absolute atomic E-state index is 0.0527. The van der Waals surface area contributed by atoms with Crippen molar-refractivity contribution in [1.29, 1.82) is 0 Å². The van der Waals surface area contributed by atoms with Gasteiger partial charge in [0, 0.05) is 24.4 Å². The Morgan fingerprint density at radius 2 is 2.40 bits per heavy atom. The van der Waals surface area contributed by atoms with Gasteiger partial charge in [0.15, 0.2) is 0 Å². The Balaban J connectivity index is 2.19. The zero-order valence-corrected chi connectivity index (χ0v) is 5.97. The Morgan fingerprint density at radius 1 is 1.60 bits per heavy atom. The smallest absolute Gasteiger partial charge is 0.136 e. The fourth-order valence-corrected chi connectivity index (χ4v) is 2.31. The van der Waals surface area contributed by atoms with Crippen LogP contribution in [0.2, 0.25) is 0 Å². The molecule has 0 amide bonds. The molecule has 0 aliphatic heterocycles. The highest BCUT2D eigenvalue weighted by Gasteiger charge is 2.53. The van der Waals surface area contributed by atoms with Crippen LogP contribution in [0.15, 0.2) is 0 Å². The molecule has 0 unspecified atom stereocenters. The molecule has 2 atom stereocenters. The monoisotopic (exact) mass is 140 g/mol. The molecule has 0 bridgehead atoms. The van der Waals surface area contributed by atoms with E-state index in [1.807, 2.05) is 0 Å². The van der Waals surface area contributed by atoms with Crippen molar-refractivity contribution in [1.82, 2.24) is 0 Å². The lowest BCUT2D eigenvalue weighted by Gasteiger charge is -2.42. The molecule has 56 valence electrons. The van der Waals surface area contributed by atoms with E-state index in [0.29, 0.717) is 12.2 Å². The molecule has 2 aliphatic rings. The quantitative estimate of drug-likeness (QED) is 0.583. The van der Waals surface area contributed by atoms with E-state index in [1.54, 1.807) is 0 Å². The number of rotatable bonds is 1. The highest BCUT2D eigenvalue weighted by Crippen LogP contribution is 2.55. The minimum atomic E-state index is 0.0527. The zero-order valence-electron chi connectivity index (χ0n) is 5.97. The third kappa shape index (κ3) is 0.553. The van der Waals surface area contributed by atoms with E-state index in [4.69, 9.17) is 5.11 Å². The second-order valence-corrected chi connectivity index (χ2v) is 3.58. The summed E-state index contributed by atoms with van der Waals surface area (Å²) in [5.74, 6) is 0.623. The van der Waals surface area contributed by atoms with Gasteiger partial charge >= 0.3 is 0 Å². The molecule has 10 heavy (non-hydrogen) atoms. The summed E-state index contributed by atoms with van der Waals surface area (Å²) < 4.78 is 0. The first-order valence-corrected chi connectivity index (χ1v) is 3.92. The van der Waals surface area contributed by atoms with Gasteiger partial charge in [-0.1, -0.05) is 0 Å². The van der Waals surface area contributed by atoms with Gasteiger partial charge in [0.25, 0.3) is 0 Å². The zero-order chi connectivity index (χ0) is 7.19. The van der Waals surface area contributed by atoms with Crippen LogP contribution >= 0.6 is 0 Å². The predicted molar refractivity (Wildman–Crippen MR) is 36.5 cm³/mol. The van der Waals surface area contributed by atoms with Crippen LogP contribution in [0.5, 0.6) is 0 Å². The van der Waals surface area contributed by atoms with Crippen molar-refractivity contribution in [3.05, 3.63) is 0 Å². The summed E-state index contributed by atoms with van der Waals surface area (Å²) in [5, 5.41) is 9.01. The van der Waals surface area contributed by atoms with Gasteiger partial charge in [0.1, 0.15) is 5.78 Å². The fraction of sp³-hybridized carbons (Fsp3) is 0.875. The normalized spacial score (nSPS) is 44.9. The van der Waals surface area contributed by atoms with E-state index >= 15 is 0 Å². The molecule has 0 heterocycles. The van der Waals surface area contributed by atoms with Crippen LogP contribution in [0.4, 0.5) is 0 Å². The number of Topliss-reactive ketones (excluding diaryl/α,β-unsaturated/α-hetero) is 1. The third-order valence-corrected chi connectivity index (χ3v) is 3.24. The van der Waals surface area contributed by atoms with Gasteiger partial charge in [0.05, 0.1) is 0 Å². The predicted octanol–water partition coefficient (Wildman–Crippen LogP) is 0.738.